The van der Waals surface area contributed by atoms with Crippen molar-refractivity contribution in [3.05, 3.63) is 34.1 Å². The van der Waals surface area contributed by atoms with Crippen LogP contribution in [-0.2, 0) is 9.53 Å². The molecule has 1 aromatic carbocycles. The number of nitrogens with one attached hydrogen (secondary N) is 1. The summed E-state index contributed by atoms with van der Waals surface area (Å²) in [6.45, 7) is 0.781. The Hall–Kier alpha value is -0.940. The summed E-state index contributed by atoms with van der Waals surface area (Å²) in [5.41, 5.74) is 0.698. The number of carbonyl (C=O) groups is 1. The predicted octanol–water partition coefficient (Wildman–Crippen LogP) is 2.80. The van der Waals surface area contributed by atoms with E-state index < -0.39 is 6.04 Å². The lowest BCUT2D eigenvalue weighted by molar-refractivity contribution is -0.143. The van der Waals surface area contributed by atoms with Gasteiger partial charge in [0.1, 0.15) is 11.9 Å². The minimum Gasteiger partial charge on any atom is -0.468 e. The highest BCUT2D eigenvalue weighted by atomic mass is 79.9. The molecule has 1 aliphatic carbocycles. The van der Waals surface area contributed by atoms with Crippen molar-refractivity contribution in [2.24, 2.45) is 5.92 Å². The van der Waals surface area contributed by atoms with E-state index in [-0.39, 0.29) is 11.8 Å². The minimum absolute atomic E-state index is 0.337. The number of hydrogen-bond acceptors (Lipinski definition) is 3. The maximum Gasteiger partial charge on any atom is 0.327 e. The van der Waals surface area contributed by atoms with E-state index in [1.165, 1.54) is 32.1 Å². The first-order valence-corrected chi connectivity index (χ1v) is 6.67. The number of hydrogen-bond donors (Lipinski definition) is 1. The van der Waals surface area contributed by atoms with Gasteiger partial charge in [-0.15, -0.1) is 0 Å². The quantitative estimate of drug-likeness (QED) is 0.849. The Kier molecular flexibility index (Phi) is 4.35. The fourth-order valence-corrected chi connectivity index (χ4v) is 2.36. The van der Waals surface area contributed by atoms with E-state index in [9.17, 15) is 9.18 Å². The van der Waals surface area contributed by atoms with Crippen LogP contribution in [0.5, 0.6) is 0 Å². The van der Waals surface area contributed by atoms with Crippen molar-refractivity contribution in [3.63, 3.8) is 0 Å². The van der Waals surface area contributed by atoms with Gasteiger partial charge in [-0.2, -0.15) is 0 Å². The van der Waals surface area contributed by atoms with Gasteiger partial charge in [-0.05, 0) is 43.0 Å². The lowest BCUT2D eigenvalue weighted by Gasteiger charge is -2.18. The second-order valence-electron chi connectivity index (χ2n) is 4.47. The maximum atomic E-state index is 13.1. The molecule has 18 heavy (non-hydrogen) atoms. The molecule has 1 N–H and O–H groups in total. The van der Waals surface area contributed by atoms with Crippen LogP contribution in [0.4, 0.5) is 4.39 Å². The molecule has 1 aliphatic rings. The highest BCUT2D eigenvalue weighted by Crippen LogP contribution is 2.30. The molecule has 0 bridgehead atoms. The van der Waals surface area contributed by atoms with Crippen molar-refractivity contribution in [1.82, 2.24) is 5.32 Å². The monoisotopic (exact) mass is 315 g/mol. The molecule has 0 radical (unpaired) electrons. The van der Waals surface area contributed by atoms with E-state index in [2.05, 4.69) is 21.2 Å². The molecule has 1 aromatic rings. The summed E-state index contributed by atoms with van der Waals surface area (Å²) < 4.78 is 18.4. The zero-order valence-corrected chi connectivity index (χ0v) is 11.7. The second-order valence-corrected chi connectivity index (χ2v) is 5.33. The summed E-state index contributed by atoms with van der Waals surface area (Å²) >= 11 is 3.28. The zero-order valence-electron chi connectivity index (χ0n) is 10.1. The van der Waals surface area contributed by atoms with E-state index in [0.717, 1.165) is 6.54 Å². The molecule has 5 heteroatoms. The fraction of sp³-hybridized carbons (Fsp3) is 0.462. The Morgan fingerprint density at radius 2 is 2.33 bits per heavy atom. The smallest absolute Gasteiger partial charge is 0.327 e. The van der Waals surface area contributed by atoms with Crippen LogP contribution in [0.15, 0.2) is 22.7 Å². The van der Waals surface area contributed by atoms with Gasteiger partial charge in [0.25, 0.3) is 0 Å². The Bertz CT molecular complexity index is 449. The summed E-state index contributed by atoms with van der Waals surface area (Å²) in [6.07, 6.45) is 2.40. The van der Waals surface area contributed by atoms with Gasteiger partial charge in [-0.25, -0.2) is 9.18 Å². The number of esters is 1. The van der Waals surface area contributed by atoms with Crippen LogP contribution < -0.4 is 5.32 Å². The van der Waals surface area contributed by atoms with Crippen LogP contribution in [0, 0.1) is 11.7 Å². The third kappa shape index (κ3) is 3.29. The Labute approximate surface area is 114 Å². The summed E-state index contributed by atoms with van der Waals surface area (Å²) in [5, 5.41) is 3.18. The van der Waals surface area contributed by atoms with E-state index in [1.54, 1.807) is 6.07 Å². The van der Waals surface area contributed by atoms with Crippen LogP contribution in [0.3, 0.4) is 0 Å². The number of halogens is 2. The summed E-state index contributed by atoms with van der Waals surface area (Å²) in [7, 11) is 1.35. The second kappa shape index (κ2) is 5.80. The summed E-state index contributed by atoms with van der Waals surface area (Å²) in [4.78, 5) is 11.8. The summed E-state index contributed by atoms with van der Waals surface area (Å²) in [5.74, 6) is -0.0456. The molecule has 0 amide bonds. The van der Waals surface area contributed by atoms with Gasteiger partial charge in [0.15, 0.2) is 0 Å². The predicted molar refractivity (Wildman–Crippen MR) is 69.6 cm³/mol. The molecule has 98 valence electrons. The van der Waals surface area contributed by atoms with Gasteiger partial charge in [0.2, 0.25) is 0 Å². The van der Waals surface area contributed by atoms with Crippen LogP contribution >= 0.6 is 15.9 Å². The van der Waals surface area contributed by atoms with E-state index in [0.29, 0.717) is 16.0 Å². The topological polar surface area (TPSA) is 38.3 Å². The lowest BCUT2D eigenvalue weighted by atomic mass is 10.1. The molecule has 1 atom stereocenters. The highest BCUT2D eigenvalue weighted by molar-refractivity contribution is 9.10. The Morgan fingerprint density at radius 3 is 2.89 bits per heavy atom. The minimum atomic E-state index is -0.550. The summed E-state index contributed by atoms with van der Waals surface area (Å²) in [6, 6.07) is 3.74. The highest BCUT2D eigenvalue weighted by Gasteiger charge is 2.27. The first kappa shape index (κ1) is 13.5. The molecular weight excluding hydrogens is 301 g/mol. The van der Waals surface area contributed by atoms with Crippen molar-refractivity contribution in [1.29, 1.82) is 0 Å². The molecule has 0 saturated heterocycles. The van der Waals surface area contributed by atoms with Crippen LogP contribution in [0.2, 0.25) is 0 Å². The Morgan fingerprint density at radius 1 is 1.61 bits per heavy atom. The average molecular weight is 316 g/mol. The molecular formula is C13H15BrFNO2. The lowest BCUT2D eigenvalue weighted by Crippen LogP contribution is -2.31. The zero-order chi connectivity index (χ0) is 13.1. The normalized spacial score (nSPS) is 16.4. The van der Waals surface area contributed by atoms with Gasteiger partial charge in [-0.3, -0.25) is 0 Å². The van der Waals surface area contributed by atoms with E-state index in [4.69, 9.17) is 4.74 Å². The van der Waals surface area contributed by atoms with Crippen molar-refractivity contribution in [3.8, 4) is 0 Å². The largest absolute Gasteiger partial charge is 0.468 e. The standard InChI is InChI=1S/C13H15BrFNO2/c1-18-13(17)12(16-7-8-2-3-8)10-5-4-9(15)6-11(10)14/h4-6,8,12,16H,2-3,7H2,1H3. The molecule has 1 saturated carbocycles. The third-order valence-electron chi connectivity index (χ3n) is 3.02. The molecule has 0 heterocycles. The number of carbonyl (C=O) groups excluding carboxylic acids is 1. The van der Waals surface area contributed by atoms with E-state index >= 15 is 0 Å². The number of methoxy groups -OCH3 is 1. The van der Waals surface area contributed by atoms with Gasteiger partial charge < -0.3 is 10.1 Å². The van der Waals surface area contributed by atoms with Crippen LogP contribution in [0.25, 0.3) is 0 Å². The number of ether oxygens (including phenoxy) is 1. The van der Waals surface area contributed by atoms with E-state index in [1.807, 2.05) is 0 Å². The van der Waals surface area contributed by atoms with Gasteiger partial charge in [0.05, 0.1) is 7.11 Å². The molecule has 0 aromatic heterocycles. The number of rotatable bonds is 5. The van der Waals surface area contributed by atoms with Crippen LogP contribution in [0.1, 0.15) is 24.4 Å². The maximum absolute atomic E-state index is 13.1. The Balaban J connectivity index is 2.17. The van der Waals surface area contributed by atoms with Crippen molar-refractivity contribution in [2.75, 3.05) is 13.7 Å². The SMILES string of the molecule is COC(=O)C(NCC1CC1)c1ccc(F)cc1Br. The van der Waals surface area contributed by atoms with Crippen LogP contribution in [-0.4, -0.2) is 19.6 Å². The van der Waals surface area contributed by atoms with Crippen molar-refractivity contribution >= 4 is 21.9 Å². The molecule has 1 unspecified atom stereocenters. The molecule has 1 fully saturated rings. The van der Waals surface area contributed by atoms with Gasteiger partial charge in [-0.1, -0.05) is 22.0 Å². The molecule has 0 spiro atoms. The van der Waals surface area contributed by atoms with Crippen molar-refractivity contribution < 1.29 is 13.9 Å². The number of benzene rings is 1. The first-order chi connectivity index (χ1) is 8.61. The van der Waals surface area contributed by atoms with Gasteiger partial charge in [0, 0.05) is 4.47 Å². The molecule has 3 nitrogen and oxygen atoms in total. The van der Waals surface area contributed by atoms with Gasteiger partial charge >= 0.3 is 5.97 Å². The molecule has 2 rings (SSSR count). The average Bonchev–Trinajstić information content (AvgIpc) is 3.15. The first-order valence-electron chi connectivity index (χ1n) is 5.88. The molecule has 0 aliphatic heterocycles. The van der Waals surface area contributed by atoms with Crippen molar-refractivity contribution in [2.45, 2.75) is 18.9 Å². The fourth-order valence-electron chi connectivity index (χ4n) is 1.78. The third-order valence-corrected chi connectivity index (χ3v) is 3.70.